The first-order valence-corrected chi connectivity index (χ1v) is 7.74. The van der Waals surface area contributed by atoms with E-state index in [2.05, 4.69) is 16.8 Å². The molecule has 1 unspecified atom stereocenters. The van der Waals surface area contributed by atoms with E-state index in [0.717, 1.165) is 0 Å². The van der Waals surface area contributed by atoms with Crippen molar-refractivity contribution in [3.8, 4) is 5.88 Å². The van der Waals surface area contributed by atoms with Gasteiger partial charge in [0.1, 0.15) is 5.02 Å². The lowest BCUT2D eigenvalue weighted by Crippen LogP contribution is -1.91. The third-order valence-electron chi connectivity index (χ3n) is 1.05. The van der Waals surface area contributed by atoms with E-state index < -0.39 is 5.84 Å². The van der Waals surface area contributed by atoms with E-state index in [4.69, 9.17) is 55.5 Å². The SMILES string of the molecule is OP(=S)(Cl)Oc1nc(Cl)c(Cl)cc1Cl. The number of halogens is 4. The van der Waals surface area contributed by atoms with Gasteiger partial charge in [-0.25, -0.2) is 0 Å². The molecule has 0 saturated carbocycles. The maximum Gasteiger partial charge on any atom is 0.331 e. The van der Waals surface area contributed by atoms with Crippen molar-refractivity contribution < 1.29 is 9.42 Å². The highest BCUT2D eigenvalue weighted by atomic mass is 35.7. The van der Waals surface area contributed by atoms with Crippen molar-refractivity contribution >= 4 is 63.7 Å². The lowest BCUT2D eigenvalue weighted by molar-refractivity contribution is 0.491. The molecule has 1 aromatic rings. The fourth-order valence-electron chi connectivity index (χ4n) is 0.599. The molecule has 0 aliphatic rings. The van der Waals surface area contributed by atoms with Gasteiger partial charge in [0.05, 0.1) is 5.02 Å². The van der Waals surface area contributed by atoms with Crippen molar-refractivity contribution in [2.75, 3.05) is 0 Å². The summed E-state index contributed by atoms with van der Waals surface area (Å²) in [7, 11) is 0. The lowest BCUT2D eigenvalue weighted by atomic mass is 10.5. The summed E-state index contributed by atoms with van der Waals surface area (Å²) in [4.78, 5) is 12.7. The molecule has 0 saturated heterocycles. The highest BCUT2D eigenvalue weighted by molar-refractivity contribution is 8.22. The van der Waals surface area contributed by atoms with Crippen LogP contribution in [-0.2, 0) is 11.8 Å². The summed E-state index contributed by atoms with van der Waals surface area (Å²) < 4.78 is 4.73. The van der Waals surface area contributed by atoms with E-state index in [-0.39, 0.29) is 21.1 Å². The smallest absolute Gasteiger partial charge is 0.331 e. The third-order valence-corrected chi connectivity index (χ3v) is 2.83. The van der Waals surface area contributed by atoms with Crippen molar-refractivity contribution in [2.45, 2.75) is 0 Å². The van der Waals surface area contributed by atoms with Crippen LogP contribution in [0.1, 0.15) is 0 Å². The van der Waals surface area contributed by atoms with Gasteiger partial charge < -0.3 is 9.42 Å². The van der Waals surface area contributed by atoms with E-state index in [1.54, 1.807) is 0 Å². The molecule has 1 heterocycles. The van der Waals surface area contributed by atoms with Crippen LogP contribution in [0, 0.1) is 0 Å². The van der Waals surface area contributed by atoms with Gasteiger partial charge in [0.15, 0.2) is 5.15 Å². The van der Waals surface area contributed by atoms with E-state index in [1.807, 2.05) is 0 Å². The zero-order chi connectivity index (χ0) is 10.9. The molecule has 14 heavy (non-hydrogen) atoms. The second-order valence-electron chi connectivity index (χ2n) is 2.09. The predicted octanol–water partition coefficient (Wildman–Crippen LogP) is 3.88. The van der Waals surface area contributed by atoms with E-state index >= 15 is 0 Å². The summed E-state index contributed by atoms with van der Waals surface area (Å²) in [5.74, 6) is -3.53. The molecule has 0 spiro atoms. The first-order valence-electron chi connectivity index (χ1n) is 3.03. The van der Waals surface area contributed by atoms with Crippen LogP contribution in [0.15, 0.2) is 6.07 Å². The number of nitrogens with zero attached hydrogens (tertiary/aromatic N) is 1. The first kappa shape index (κ1) is 12.8. The minimum absolute atomic E-state index is 0.00816. The van der Waals surface area contributed by atoms with Crippen molar-refractivity contribution in [3.05, 3.63) is 21.3 Å². The number of hydrogen-bond donors (Lipinski definition) is 1. The van der Waals surface area contributed by atoms with Crippen molar-refractivity contribution in [1.82, 2.24) is 4.98 Å². The molecule has 1 aromatic heterocycles. The van der Waals surface area contributed by atoms with E-state index in [9.17, 15) is 0 Å². The average Bonchev–Trinajstić information content (AvgIpc) is 1.97. The van der Waals surface area contributed by atoms with Crippen molar-refractivity contribution in [1.29, 1.82) is 0 Å². The van der Waals surface area contributed by atoms with Gasteiger partial charge in [0.25, 0.3) is 0 Å². The molecule has 1 N–H and O–H groups in total. The monoisotopic (exact) mass is 311 g/mol. The molecule has 0 aliphatic carbocycles. The second-order valence-corrected chi connectivity index (χ2v) is 7.81. The molecule has 3 nitrogen and oxygen atoms in total. The first-order chi connectivity index (χ1) is 6.29. The van der Waals surface area contributed by atoms with Crippen LogP contribution in [0.3, 0.4) is 0 Å². The van der Waals surface area contributed by atoms with Crippen LogP contribution >= 0.6 is 51.9 Å². The topological polar surface area (TPSA) is 42.4 Å². The Hall–Kier alpha value is 0.720. The number of aromatic nitrogens is 1. The van der Waals surface area contributed by atoms with E-state index in [0.29, 0.717) is 0 Å². The predicted molar refractivity (Wildman–Crippen MR) is 62.3 cm³/mol. The van der Waals surface area contributed by atoms with Gasteiger partial charge in [-0.15, -0.1) is 0 Å². The van der Waals surface area contributed by atoms with E-state index in [1.165, 1.54) is 6.07 Å². The number of pyridine rings is 1. The molecular weight excluding hydrogens is 311 g/mol. The lowest BCUT2D eigenvalue weighted by Gasteiger charge is -2.10. The molecule has 9 heteroatoms. The zero-order valence-electron chi connectivity index (χ0n) is 6.25. The van der Waals surface area contributed by atoms with Crippen molar-refractivity contribution in [3.63, 3.8) is 0 Å². The Morgan fingerprint density at radius 2 is 1.93 bits per heavy atom. The van der Waals surface area contributed by atoms with Gasteiger partial charge in [-0.2, -0.15) is 4.98 Å². The summed E-state index contributed by atoms with van der Waals surface area (Å²) >= 11 is 26.6. The zero-order valence-corrected chi connectivity index (χ0v) is 11.0. The summed E-state index contributed by atoms with van der Waals surface area (Å²) in [6, 6.07) is 1.32. The fourth-order valence-corrected chi connectivity index (χ4v) is 1.94. The van der Waals surface area contributed by atoms with Gasteiger partial charge in [0.2, 0.25) is 5.88 Å². The Kier molecular flexibility index (Phi) is 4.30. The average molecular weight is 313 g/mol. The molecule has 0 fully saturated rings. The molecule has 78 valence electrons. The molecule has 0 aliphatic heterocycles. The molecule has 0 amide bonds. The minimum Gasteiger partial charge on any atom is -0.413 e. The van der Waals surface area contributed by atoms with Crippen LogP contribution in [0.4, 0.5) is 0 Å². The van der Waals surface area contributed by atoms with Gasteiger partial charge >= 0.3 is 5.84 Å². The Bertz CT molecular complexity index is 409. The highest BCUT2D eigenvalue weighted by Crippen LogP contribution is 2.49. The van der Waals surface area contributed by atoms with Crippen LogP contribution in [0.5, 0.6) is 5.88 Å². The quantitative estimate of drug-likeness (QED) is 0.665. The highest BCUT2D eigenvalue weighted by Gasteiger charge is 2.16. The normalized spacial score (nSPS) is 14.9. The maximum absolute atomic E-state index is 9.05. The standard InChI is InChI=1S/C5H2Cl4NO2PS/c6-2-1-3(7)5(10-4(2)8)12-13(9,11)14/h1H,(H,11,14). The van der Waals surface area contributed by atoms with Crippen LogP contribution in [0.2, 0.25) is 15.2 Å². The fraction of sp³-hybridized carbons (Fsp3) is 0. The molecule has 0 bridgehead atoms. The van der Waals surface area contributed by atoms with Crippen molar-refractivity contribution in [2.24, 2.45) is 0 Å². The number of hydrogen-bond acceptors (Lipinski definition) is 3. The number of rotatable bonds is 2. The molecular formula is C5H2Cl4NO2PS. The van der Waals surface area contributed by atoms with Crippen LogP contribution in [-0.4, -0.2) is 9.88 Å². The van der Waals surface area contributed by atoms with Crippen LogP contribution < -0.4 is 4.52 Å². The van der Waals surface area contributed by atoms with Crippen LogP contribution in [0.25, 0.3) is 0 Å². The van der Waals surface area contributed by atoms with Gasteiger partial charge in [-0.3, -0.25) is 0 Å². The molecule has 0 aromatic carbocycles. The summed E-state index contributed by atoms with van der Waals surface area (Å²) in [6.07, 6.45) is 0. The molecule has 1 atom stereocenters. The van der Waals surface area contributed by atoms with Gasteiger partial charge in [0, 0.05) is 0 Å². The Balaban J connectivity index is 3.11. The minimum atomic E-state index is -3.39. The third kappa shape index (κ3) is 3.70. The summed E-state index contributed by atoms with van der Waals surface area (Å²) in [5.41, 5.74) is 0. The Morgan fingerprint density at radius 1 is 1.36 bits per heavy atom. The molecule has 0 radical (unpaired) electrons. The largest absolute Gasteiger partial charge is 0.413 e. The maximum atomic E-state index is 9.05. The summed E-state index contributed by atoms with van der Waals surface area (Å²) in [6.45, 7) is 0. The summed E-state index contributed by atoms with van der Waals surface area (Å²) in [5, 5.41) is 0.235. The van der Waals surface area contributed by atoms with Gasteiger partial charge in [-0.1, -0.05) is 34.8 Å². The van der Waals surface area contributed by atoms with Gasteiger partial charge in [-0.05, 0) is 29.1 Å². The Morgan fingerprint density at radius 3 is 2.43 bits per heavy atom. The second kappa shape index (κ2) is 4.71. The molecule has 1 rings (SSSR count). The Labute approximate surface area is 105 Å².